The molecule has 0 spiro atoms. The molecule has 0 N–H and O–H groups in total. The topological polar surface area (TPSA) is 102 Å². The summed E-state index contributed by atoms with van der Waals surface area (Å²) in [4.78, 5) is 49.1. The van der Waals surface area contributed by atoms with Crippen LogP contribution in [-0.4, -0.2) is 38.1 Å². The van der Waals surface area contributed by atoms with E-state index in [-0.39, 0.29) is 0 Å². The molecule has 27 heavy (non-hydrogen) atoms. The number of ether oxygens (including phenoxy) is 2. The molecule has 0 radical (unpaired) electrons. The van der Waals surface area contributed by atoms with Crippen molar-refractivity contribution in [2.45, 2.75) is 38.1 Å². The fourth-order valence-corrected chi connectivity index (χ4v) is 3.74. The van der Waals surface area contributed by atoms with Gasteiger partial charge >= 0.3 is 23.3 Å². The second-order valence-corrected chi connectivity index (χ2v) is 6.44. The first kappa shape index (κ1) is 17.1. The van der Waals surface area contributed by atoms with E-state index in [1.807, 2.05) is 0 Å². The molecule has 0 saturated carbocycles. The first-order valence-electron chi connectivity index (χ1n) is 8.44. The highest BCUT2D eigenvalue weighted by molar-refractivity contribution is 5.67. The molecule has 4 atom stereocenters. The minimum atomic E-state index is -0.898. The Morgan fingerprint density at radius 2 is 1.26 bits per heavy atom. The maximum Gasteiger partial charge on any atom is 0.352 e. The van der Waals surface area contributed by atoms with Gasteiger partial charge in [0.05, 0.1) is 5.69 Å². The monoisotopic (exact) mass is 371 g/mol. The highest BCUT2D eigenvalue weighted by Gasteiger charge is 2.50. The van der Waals surface area contributed by atoms with Crippen LogP contribution in [0.15, 0.2) is 52.1 Å². The Kier molecular flexibility index (Phi) is 3.87. The third kappa shape index (κ3) is 2.54. The number of aromatic nitrogens is 3. The van der Waals surface area contributed by atoms with Crippen LogP contribution in [0.4, 0.5) is 0 Å². The first-order chi connectivity index (χ1) is 12.9. The van der Waals surface area contributed by atoms with Crippen LogP contribution >= 0.6 is 0 Å². The van der Waals surface area contributed by atoms with Gasteiger partial charge in [0.15, 0.2) is 12.2 Å². The van der Waals surface area contributed by atoms with Crippen molar-refractivity contribution in [1.82, 2.24) is 13.9 Å². The van der Waals surface area contributed by atoms with Crippen molar-refractivity contribution in [2.24, 2.45) is 0 Å². The average molecular weight is 371 g/mol. The van der Waals surface area contributed by atoms with Gasteiger partial charge in [0.1, 0.15) is 12.1 Å². The molecule has 1 aliphatic carbocycles. The van der Waals surface area contributed by atoms with Gasteiger partial charge in [-0.1, -0.05) is 30.4 Å². The predicted molar refractivity (Wildman–Crippen MR) is 92.6 cm³/mol. The van der Waals surface area contributed by atoms with Crippen molar-refractivity contribution < 1.29 is 19.1 Å². The number of para-hydroxylation sites is 1. The Labute approximate surface area is 153 Å². The number of hydrogen-bond donors (Lipinski definition) is 0. The fraction of sp³-hybridized carbons (Fsp3) is 0.333. The van der Waals surface area contributed by atoms with Crippen LogP contribution in [0.3, 0.4) is 0 Å². The summed E-state index contributed by atoms with van der Waals surface area (Å²) < 4.78 is 14.3. The standard InChI is InChI=1S/C18H17N3O6/c1-10(22)26-15-13-8-9-14(16(15)27-11(2)23)21-18(25)19(17(24)20(13)21)12-6-4-3-5-7-12/h3-9,13-16H,1-2H3/t13-,14+,15-,16+. The van der Waals surface area contributed by atoms with Crippen LogP contribution in [0.2, 0.25) is 0 Å². The van der Waals surface area contributed by atoms with Crippen LogP contribution < -0.4 is 11.4 Å². The normalized spacial score (nSPS) is 25.1. The van der Waals surface area contributed by atoms with E-state index >= 15 is 0 Å². The van der Waals surface area contributed by atoms with Crippen molar-refractivity contribution in [3.63, 3.8) is 0 Å². The molecule has 3 aliphatic rings. The minimum Gasteiger partial charge on any atom is -0.456 e. The van der Waals surface area contributed by atoms with E-state index in [1.54, 1.807) is 42.5 Å². The van der Waals surface area contributed by atoms with E-state index in [1.165, 1.54) is 23.2 Å². The number of benzene rings is 1. The van der Waals surface area contributed by atoms with E-state index in [9.17, 15) is 19.2 Å². The Morgan fingerprint density at radius 3 is 1.67 bits per heavy atom. The molecule has 1 aromatic heterocycles. The van der Waals surface area contributed by atoms with E-state index < -0.39 is 47.6 Å². The summed E-state index contributed by atoms with van der Waals surface area (Å²) in [6.45, 7) is 2.48. The smallest absolute Gasteiger partial charge is 0.352 e. The predicted octanol–water partition coefficient (Wildman–Crippen LogP) is 0.330. The number of fused-ring (bicyclic) bond motifs is 1. The second-order valence-electron chi connectivity index (χ2n) is 6.44. The van der Waals surface area contributed by atoms with Crippen LogP contribution in [0.1, 0.15) is 25.9 Å². The Balaban J connectivity index is 1.92. The molecule has 2 aromatic rings. The number of rotatable bonds is 3. The van der Waals surface area contributed by atoms with E-state index in [2.05, 4.69) is 0 Å². The van der Waals surface area contributed by atoms with Crippen molar-refractivity contribution in [2.75, 3.05) is 0 Å². The van der Waals surface area contributed by atoms with Crippen molar-refractivity contribution >= 4 is 11.9 Å². The van der Waals surface area contributed by atoms with Gasteiger partial charge in [-0.2, -0.15) is 0 Å². The summed E-state index contributed by atoms with van der Waals surface area (Å²) in [6, 6.07) is 7.01. The van der Waals surface area contributed by atoms with Crippen molar-refractivity contribution in [3.05, 3.63) is 63.5 Å². The highest BCUT2D eigenvalue weighted by atomic mass is 16.6. The summed E-state index contributed by atoms with van der Waals surface area (Å²) in [5.41, 5.74) is -0.678. The van der Waals surface area contributed by atoms with Gasteiger partial charge in [-0.15, -0.1) is 0 Å². The SMILES string of the molecule is CC(=O)O[C@@H]1[C@H](OC(C)=O)[C@H]2C=C[C@@H]1n1c(=O)n(-c3ccccc3)c(=O)n12. The number of hydrogen-bond acceptors (Lipinski definition) is 6. The summed E-state index contributed by atoms with van der Waals surface area (Å²) in [7, 11) is 0. The summed E-state index contributed by atoms with van der Waals surface area (Å²) >= 11 is 0. The maximum absolute atomic E-state index is 13.0. The Bertz CT molecular complexity index is 998. The van der Waals surface area contributed by atoms with Crippen LogP contribution in [0, 0.1) is 0 Å². The number of nitrogens with zero attached hydrogens (tertiary/aromatic N) is 3. The lowest BCUT2D eigenvalue weighted by molar-refractivity contribution is -0.177. The quantitative estimate of drug-likeness (QED) is 0.569. The molecule has 2 aliphatic heterocycles. The van der Waals surface area contributed by atoms with Crippen molar-refractivity contribution in [3.8, 4) is 5.69 Å². The molecule has 2 bridgehead atoms. The van der Waals surface area contributed by atoms with Gasteiger partial charge in [0.25, 0.3) is 0 Å². The molecule has 3 heterocycles. The van der Waals surface area contributed by atoms with Crippen molar-refractivity contribution in [1.29, 1.82) is 0 Å². The zero-order valence-electron chi connectivity index (χ0n) is 14.6. The fourth-order valence-electron chi connectivity index (χ4n) is 3.74. The Hall–Kier alpha value is -3.36. The molecule has 0 unspecified atom stereocenters. The third-order valence-electron chi connectivity index (χ3n) is 4.69. The molecule has 1 aromatic carbocycles. The zero-order valence-corrected chi connectivity index (χ0v) is 14.6. The molecule has 0 fully saturated rings. The molecule has 140 valence electrons. The van der Waals surface area contributed by atoms with Gasteiger partial charge in [-0.25, -0.2) is 23.5 Å². The summed E-state index contributed by atoms with van der Waals surface area (Å²) in [5.74, 6) is -1.13. The van der Waals surface area contributed by atoms with Gasteiger partial charge in [0.2, 0.25) is 0 Å². The lowest BCUT2D eigenvalue weighted by Gasteiger charge is -2.43. The average Bonchev–Trinajstić information content (AvgIpc) is 2.90. The third-order valence-corrected chi connectivity index (χ3v) is 4.69. The van der Waals surface area contributed by atoms with Gasteiger partial charge < -0.3 is 9.47 Å². The lowest BCUT2D eigenvalue weighted by atomic mass is 9.90. The number of carbonyl (C=O) groups excluding carboxylic acids is 2. The molecule has 0 saturated heterocycles. The van der Waals surface area contributed by atoms with Gasteiger partial charge in [-0.3, -0.25) is 9.59 Å². The zero-order chi connectivity index (χ0) is 19.3. The molecular formula is C18H17N3O6. The molecule has 0 amide bonds. The Morgan fingerprint density at radius 1 is 0.815 bits per heavy atom. The largest absolute Gasteiger partial charge is 0.456 e. The van der Waals surface area contributed by atoms with Crippen LogP contribution in [0.5, 0.6) is 0 Å². The number of carbonyl (C=O) groups is 2. The minimum absolute atomic E-state index is 0.425. The summed E-state index contributed by atoms with van der Waals surface area (Å²) in [6.07, 6.45) is 1.58. The first-order valence-corrected chi connectivity index (χ1v) is 8.44. The van der Waals surface area contributed by atoms with Crippen LogP contribution in [0.25, 0.3) is 5.69 Å². The number of esters is 2. The molecule has 9 heteroatoms. The molecule has 5 rings (SSSR count). The second kappa shape index (κ2) is 6.11. The lowest BCUT2D eigenvalue weighted by Crippen LogP contribution is -2.57. The molecule has 9 nitrogen and oxygen atoms in total. The van der Waals surface area contributed by atoms with Gasteiger partial charge in [0, 0.05) is 13.8 Å². The summed E-state index contributed by atoms with van der Waals surface area (Å²) in [5, 5.41) is 0. The maximum atomic E-state index is 13.0. The van der Waals surface area contributed by atoms with E-state index in [4.69, 9.17) is 9.47 Å². The van der Waals surface area contributed by atoms with E-state index in [0.29, 0.717) is 5.69 Å². The highest BCUT2D eigenvalue weighted by Crippen LogP contribution is 2.38. The van der Waals surface area contributed by atoms with Crippen LogP contribution in [-0.2, 0) is 19.1 Å². The van der Waals surface area contributed by atoms with E-state index in [0.717, 1.165) is 4.57 Å². The molecular weight excluding hydrogens is 354 g/mol. The van der Waals surface area contributed by atoms with Gasteiger partial charge in [-0.05, 0) is 12.1 Å².